The maximum Gasteiger partial charge on any atom is 0.257 e. The van der Waals surface area contributed by atoms with E-state index in [1.165, 1.54) is 0 Å². The van der Waals surface area contributed by atoms with Gasteiger partial charge in [-0.3, -0.25) is 0 Å². The van der Waals surface area contributed by atoms with Crippen LogP contribution >= 0.6 is 11.6 Å². The minimum absolute atomic E-state index is 0.433. The molecule has 0 saturated carbocycles. The maximum atomic E-state index is 13.1. The Morgan fingerprint density at radius 3 is 2.29 bits per heavy atom. The van der Waals surface area contributed by atoms with Gasteiger partial charge in [0.25, 0.3) is 6.43 Å². The molecule has 0 aliphatic rings. The van der Waals surface area contributed by atoms with E-state index in [1.54, 1.807) is 0 Å². The molecule has 1 aromatic carbocycles. The van der Waals surface area contributed by atoms with Crippen LogP contribution in [-0.4, -0.2) is 6.43 Å². The Bertz CT molecular complexity index is 342. The van der Waals surface area contributed by atoms with Crippen LogP contribution < -0.4 is 5.73 Å². The molecule has 0 amide bonds. The van der Waals surface area contributed by atoms with Crippen molar-refractivity contribution in [3.05, 3.63) is 34.4 Å². The highest BCUT2D eigenvalue weighted by Crippen LogP contribution is 2.28. The largest absolute Gasteiger partial charge is 0.319 e. The van der Waals surface area contributed by atoms with Gasteiger partial charge >= 0.3 is 0 Å². The first-order chi connectivity index (χ1) is 6.45. The average Bonchev–Trinajstić information content (AvgIpc) is 2.12. The normalized spacial score (nSPS) is 13.4. The minimum atomic E-state index is -3.04. The van der Waals surface area contributed by atoms with Crippen LogP contribution in [0.2, 0.25) is 5.02 Å². The van der Waals surface area contributed by atoms with Gasteiger partial charge in [-0.2, -0.15) is 0 Å². The zero-order chi connectivity index (χ0) is 10.9. The number of benzene rings is 1. The number of alkyl halides is 2. The van der Waals surface area contributed by atoms with Gasteiger partial charge in [-0.05, 0) is 12.1 Å². The van der Waals surface area contributed by atoms with Gasteiger partial charge in [-0.1, -0.05) is 11.6 Å². The summed E-state index contributed by atoms with van der Waals surface area (Å²) >= 11 is 5.29. The second kappa shape index (κ2) is 4.14. The maximum absolute atomic E-state index is 13.1. The highest BCUT2D eigenvalue weighted by molar-refractivity contribution is 6.30. The molecule has 2 N–H and O–H groups in total. The Balaban J connectivity index is 3.25. The third-order valence-electron chi connectivity index (χ3n) is 1.68. The number of rotatable bonds is 2. The molecule has 1 rings (SSSR count). The summed E-state index contributed by atoms with van der Waals surface area (Å²) in [6, 6.07) is -0.273. The molecule has 0 aliphatic heterocycles. The summed E-state index contributed by atoms with van der Waals surface area (Å²) in [4.78, 5) is 0. The molecule has 0 heterocycles. The first-order valence-electron chi connectivity index (χ1n) is 3.62. The Morgan fingerprint density at radius 2 is 1.79 bits per heavy atom. The summed E-state index contributed by atoms with van der Waals surface area (Å²) < 4.78 is 50.2. The average molecular weight is 228 g/mol. The van der Waals surface area contributed by atoms with Crippen LogP contribution in [0.3, 0.4) is 0 Å². The van der Waals surface area contributed by atoms with Crippen molar-refractivity contribution in [2.75, 3.05) is 0 Å². The van der Waals surface area contributed by atoms with Gasteiger partial charge in [-0.25, -0.2) is 17.6 Å². The van der Waals surface area contributed by atoms with Crippen molar-refractivity contribution in [2.45, 2.75) is 12.5 Å². The number of halogens is 5. The standard InChI is InChI=1S/C8H6ClF4N/c9-3-1-2-4(10)5(6(3)11)7(14)8(12)13/h1-2,7-8H,14H2/t7-/m0/s1. The van der Waals surface area contributed by atoms with Crippen molar-refractivity contribution in [3.63, 3.8) is 0 Å². The molecule has 78 valence electrons. The van der Waals surface area contributed by atoms with E-state index in [-0.39, 0.29) is 0 Å². The Hall–Kier alpha value is -0.810. The summed E-state index contributed by atoms with van der Waals surface area (Å²) in [6.07, 6.45) is -3.04. The van der Waals surface area contributed by atoms with E-state index in [2.05, 4.69) is 0 Å². The summed E-state index contributed by atoms with van der Waals surface area (Å²) in [5.41, 5.74) is 4.04. The molecule has 0 unspecified atom stereocenters. The van der Waals surface area contributed by atoms with Gasteiger partial charge in [0.1, 0.15) is 11.6 Å². The zero-order valence-electron chi connectivity index (χ0n) is 6.78. The smallest absolute Gasteiger partial charge is 0.257 e. The number of nitrogens with two attached hydrogens (primary N) is 1. The predicted octanol–water partition coefficient (Wildman–Crippen LogP) is 2.88. The fraction of sp³-hybridized carbons (Fsp3) is 0.250. The Morgan fingerprint density at radius 1 is 1.21 bits per heavy atom. The molecular formula is C8H6ClF4N. The van der Waals surface area contributed by atoms with E-state index in [4.69, 9.17) is 17.3 Å². The molecule has 0 fully saturated rings. The molecule has 0 bridgehead atoms. The van der Waals surface area contributed by atoms with Crippen molar-refractivity contribution in [1.82, 2.24) is 0 Å². The third kappa shape index (κ3) is 1.99. The predicted molar refractivity (Wildman–Crippen MR) is 44.3 cm³/mol. The molecule has 0 aliphatic carbocycles. The number of hydrogen-bond donors (Lipinski definition) is 1. The van der Waals surface area contributed by atoms with Crippen LogP contribution in [0.1, 0.15) is 11.6 Å². The lowest BCUT2D eigenvalue weighted by Crippen LogP contribution is -2.21. The Kier molecular flexibility index (Phi) is 3.34. The van der Waals surface area contributed by atoms with Crippen LogP contribution in [0.5, 0.6) is 0 Å². The van der Waals surface area contributed by atoms with Crippen molar-refractivity contribution in [1.29, 1.82) is 0 Å². The third-order valence-corrected chi connectivity index (χ3v) is 1.98. The molecule has 1 nitrogen and oxygen atoms in total. The van der Waals surface area contributed by atoms with Gasteiger partial charge in [-0.15, -0.1) is 0 Å². The van der Waals surface area contributed by atoms with Gasteiger partial charge in [0.2, 0.25) is 0 Å². The molecule has 1 aromatic rings. The van der Waals surface area contributed by atoms with E-state index in [0.717, 1.165) is 12.1 Å². The highest BCUT2D eigenvalue weighted by atomic mass is 35.5. The van der Waals surface area contributed by atoms with Crippen molar-refractivity contribution < 1.29 is 17.6 Å². The molecule has 0 spiro atoms. The van der Waals surface area contributed by atoms with Crippen molar-refractivity contribution >= 4 is 11.6 Å². The van der Waals surface area contributed by atoms with Crippen LogP contribution in [0.4, 0.5) is 17.6 Å². The van der Waals surface area contributed by atoms with Crippen LogP contribution in [-0.2, 0) is 0 Å². The van der Waals surface area contributed by atoms with Crippen molar-refractivity contribution in [2.24, 2.45) is 5.73 Å². The summed E-state index contributed by atoms with van der Waals surface area (Å²) in [5, 5.41) is -0.433. The van der Waals surface area contributed by atoms with E-state index >= 15 is 0 Å². The van der Waals surface area contributed by atoms with Crippen LogP contribution in [0.25, 0.3) is 0 Å². The molecular weight excluding hydrogens is 222 g/mol. The molecule has 0 aromatic heterocycles. The molecule has 1 atom stereocenters. The minimum Gasteiger partial charge on any atom is -0.319 e. The Labute approximate surface area is 82.5 Å². The van der Waals surface area contributed by atoms with Gasteiger partial charge in [0.15, 0.2) is 0 Å². The molecule has 6 heteroatoms. The van der Waals surface area contributed by atoms with E-state index in [9.17, 15) is 17.6 Å². The molecule has 0 saturated heterocycles. The molecule has 0 radical (unpaired) electrons. The molecule has 14 heavy (non-hydrogen) atoms. The lowest BCUT2D eigenvalue weighted by Gasteiger charge is -2.13. The fourth-order valence-electron chi connectivity index (χ4n) is 0.974. The highest BCUT2D eigenvalue weighted by Gasteiger charge is 2.25. The first kappa shape index (κ1) is 11.3. The lowest BCUT2D eigenvalue weighted by atomic mass is 10.1. The number of hydrogen-bond acceptors (Lipinski definition) is 1. The SMILES string of the molecule is N[C@@H](c1c(F)ccc(Cl)c1F)C(F)F. The summed E-state index contributed by atoms with van der Waals surface area (Å²) in [5.74, 6) is -2.36. The fourth-order valence-corrected chi connectivity index (χ4v) is 1.14. The lowest BCUT2D eigenvalue weighted by molar-refractivity contribution is 0.113. The topological polar surface area (TPSA) is 26.0 Å². The second-order valence-electron chi connectivity index (χ2n) is 2.62. The van der Waals surface area contributed by atoms with E-state index in [1.807, 2.05) is 0 Å². The van der Waals surface area contributed by atoms with E-state index < -0.39 is 34.7 Å². The van der Waals surface area contributed by atoms with Gasteiger partial charge in [0.05, 0.1) is 11.1 Å². The van der Waals surface area contributed by atoms with Gasteiger partial charge < -0.3 is 5.73 Å². The van der Waals surface area contributed by atoms with Crippen LogP contribution in [0, 0.1) is 11.6 Å². The van der Waals surface area contributed by atoms with E-state index in [0.29, 0.717) is 0 Å². The quantitative estimate of drug-likeness (QED) is 0.610. The monoisotopic (exact) mass is 227 g/mol. The van der Waals surface area contributed by atoms with Crippen molar-refractivity contribution in [3.8, 4) is 0 Å². The second-order valence-corrected chi connectivity index (χ2v) is 3.02. The van der Waals surface area contributed by atoms with Gasteiger partial charge in [0, 0.05) is 5.56 Å². The zero-order valence-corrected chi connectivity index (χ0v) is 7.53. The summed E-state index contributed by atoms with van der Waals surface area (Å²) in [6.45, 7) is 0. The summed E-state index contributed by atoms with van der Waals surface area (Å²) in [7, 11) is 0. The first-order valence-corrected chi connectivity index (χ1v) is 4.00. The van der Waals surface area contributed by atoms with Crippen LogP contribution in [0.15, 0.2) is 12.1 Å².